The molecule has 1 aliphatic rings. The minimum absolute atomic E-state index is 0. The maximum atomic E-state index is 3.51. The number of halogens is 2. The lowest BCUT2D eigenvalue weighted by atomic mass is 10.2. The van der Waals surface area contributed by atoms with Gasteiger partial charge in [-0.2, -0.15) is 0 Å². The third kappa shape index (κ3) is 2.07. The maximum absolute atomic E-state index is 3.51. The zero-order valence-electron chi connectivity index (χ0n) is 7.85. The van der Waals surface area contributed by atoms with Gasteiger partial charge in [0, 0.05) is 22.5 Å². The summed E-state index contributed by atoms with van der Waals surface area (Å²) in [5.74, 6) is 0. The predicted octanol–water partition coefficient (Wildman–Crippen LogP) is -0.424. The van der Waals surface area contributed by atoms with Gasteiger partial charge in [0.25, 0.3) is 0 Å². The van der Waals surface area contributed by atoms with E-state index in [-0.39, 0.29) is 24.0 Å². The fourth-order valence-electron chi connectivity index (χ4n) is 1.83. The molecule has 0 atom stereocenters. The molecule has 1 aliphatic heterocycles. The first-order valence-electron chi connectivity index (χ1n) is 4.21. The summed E-state index contributed by atoms with van der Waals surface area (Å²) in [5.41, 5.74) is 2.97. The van der Waals surface area contributed by atoms with E-state index >= 15 is 0 Å². The van der Waals surface area contributed by atoms with Crippen molar-refractivity contribution < 1.29 is 24.0 Å². The van der Waals surface area contributed by atoms with E-state index in [0.717, 1.165) is 4.48 Å². The van der Waals surface area contributed by atoms with Crippen molar-refractivity contribution in [3.63, 3.8) is 0 Å². The molecular formula is C10H13BrIN. The summed E-state index contributed by atoms with van der Waals surface area (Å²) in [4.78, 5) is 0. The Balaban J connectivity index is 0.000000845. The molecule has 1 aromatic rings. The van der Waals surface area contributed by atoms with E-state index in [2.05, 4.69) is 48.2 Å². The summed E-state index contributed by atoms with van der Waals surface area (Å²) in [6, 6.07) is 6.60. The van der Waals surface area contributed by atoms with Crippen molar-refractivity contribution in [2.45, 2.75) is 6.42 Å². The smallest absolute Gasteiger partial charge is 0.137 e. The molecule has 0 bridgehead atoms. The fourth-order valence-corrected chi connectivity index (χ4v) is 2.18. The van der Waals surface area contributed by atoms with E-state index in [4.69, 9.17) is 0 Å². The number of hydrogen-bond acceptors (Lipinski definition) is 0. The highest BCUT2D eigenvalue weighted by atomic mass is 127. The van der Waals surface area contributed by atoms with Crippen LogP contribution in [0.1, 0.15) is 5.56 Å². The number of likely N-dealkylation sites (N-methyl/N-ethyl adjacent to an activating group) is 1. The summed E-state index contributed by atoms with van der Waals surface area (Å²) in [5, 5.41) is 0. The van der Waals surface area contributed by atoms with Gasteiger partial charge in [-0.1, -0.05) is 22.0 Å². The third-order valence-electron chi connectivity index (χ3n) is 2.64. The SMILES string of the molecule is C[N+]1(C)CCc2ccc(Br)cc21.[I-]. The highest BCUT2D eigenvalue weighted by Crippen LogP contribution is 2.33. The first-order valence-corrected chi connectivity index (χ1v) is 5.01. The van der Waals surface area contributed by atoms with E-state index in [1.807, 2.05) is 0 Å². The highest BCUT2D eigenvalue weighted by molar-refractivity contribution is 9.10. The van der Waals surface area contributed by atoms with Gasteiger partial charge in [-0.3, -0.25) is 4.48 Å². The normalized spacial score (nSPS) is 17.8. The monoisotopic (exact) mass is 353 g/mol. The molecule has 2 rings (SSSR count). The lowest BCUT2D eigenvalue weighted by Gasteiger charge is -2.23. The Morgan fingerprint density at radius 1 is 1.31 bits per heavy atom. The number of benzene rings is 1. The van der Waals surface area contributed by atoms with Crippen LogP contribution in [0.4, 0.5) is 5.69 Å². The molecular weight excluding hydrogens is 341 g/mol. The van der Waals surface area contributed by atoms with Gasteiger partial charge in [0.1, 0.15) is 5.69 Å². The Morgan fingerprint density at radius 2 is 2.00 bits per heavy atom. The Labute approximate surface area is 105 Å². The van der Waals surface area contributed by atoms with Crippen molar-refractivity contribution in [2.24, 2.45) is 0 Å². The van der Waals surface area contributed by atoms with Gasteiger partial charge in [-0.25, -0.2) is 0 Å². The lowest BCUT2D eigenvalue weighted by molar-refractivity contribution is -0.00000249. The van der Waals surface area contributed by atoms with Gasteiger partial charge < -0.3 is 24.0 Å². The molecule has 0 radical (unpaired) electrons. The van der Waals surface area contributed by atoms with Crippen molar-refractivity contribution in [3.8, 4) is 0 Å². The first kappa shape index (κ1) is 11.5. The molecule has 0 saturated carbocycles. The Kier molecular flexibility index (Phi) is 3.41. The van der Waals surface area contributed by atoms with Crippen LogP contribution in [-0.4, -0.2) is 20.6 Å². The third-order valence-corrected chi connectivity index (χ3v) is 3.13. The highest BCUT2D eigenvalue weighted by Gasteiger charge is 2.29. The van der Waals surface area contributed by atoms with Gasteiger partial charge in [-0.15, -0.1) is 0 Å². The van der Waals surface area contributed by atoms with Gasteiger partial charge in [-0.05, 0) is 6.07 Å². The van der Waals surface area contributed by atoms with E-state index in [1.165, 1.54) is 28.7 Å². The standard InChI is InChI=1S/C10H13BrN.HI/c1-12(2)6-5-8-3-4-9(11)7-10(8)12;/h3-4,7H,5-6H2,1-2H3;1H/q+1;/p-1. The number of hydrogen-bond donors (Lipinski definition) is 0. The number of nitrogens with zero attached hydrogens (tertiary/aromatic N) is 1. The zero-order chi connectivity index (χ0) is 8.77. The van der Waals surface area contributed by atoms with Crippen LogP contribution in [-0.2, 0) is 6.42 Å². The number of quaternary nitrogens is 1. The van der Waals surface area contributed by atoms with Crippen molar-refractivity contribution >= 4 is 21.6 Å². The molecule has 3 heteroatoms. The molecule has 0 saturated heterocycles. The molecule has 1 nitrogen and oxygen atoms in total. The Bertz CT molecular complexity index is 323. The van der Waals surface area contributed by atoms with Crippen molar-refractivity contribution in [2.75, 3.05) is 20.6 Å². The molecule has 1 aromatic carbocycles. The van der Waals surface area contributed by atoms with Crippen LogP contribution in [0, 0.1) is 0 Å². The average Bonchev–Trinajstić information content (AvgIpc) is 2.28. The van der Waals surface area contributed by atoms with E-state index < -0.39 is 0 Å². The van der Waals surface area contributed by atoms with Crippen LogP contribution in [0.25, 0.3) is 0 Å². The van der Waals surface area contributed by atoms with Crippen LogP contribution < -0.4 is 28.5 Å². The summed E-state index contributed by atoms with van der Waals surface area (Å²) in [6.45, 7) is 1.23. The van der Waals surface area contributed by atoms with Crippen LogP contribution in [0.2, 0.25) is 0 Å². The molecule has 0 aromatic heterocycles. The fraction of sp³-hybridized carbons (Fsp3) is 0.400. The van der Waals surface area contributed by atoms with Gasteiger partial charge in [0.15, 0.2) is 0 Å². The molecule has 0 fully saturated rings. The Morgan fingerprint density at radius 3 is 2.69 bits per heavy atom. The Hall–Kier alpha value is 0.390. The second-order valence-electron chi connectivity index (χ2n) is 3.93. The molecule has 0 spiro atoms. The largest absolute Gasteiger partial charge is 1.00 e. The van der Waals surface area contributed by atoms with Gasteiger partial charge in [0.2, 0.25) is 0 Å². The average molecular weight is 354 g/mol. The number of rotatable bonds is 0. The van der Waals surface area contributed by atoms with E-state index in [0.29, 0.717) is 0 Å². The molecule has 0 amide bonds. The summed E-state index contributed by atoms with van der Waals surface area (Å²) >= 11 is 3.51. The molecule has 0 N–H and O–H groups in total. The zero-order valence-corrected chi connectivity index (χ0v) is 11.6. The lowest BCUT2D eigenvalue weighted by Crippen LogP contribution is -3.00. The predicted molar refractivity (Wildman–Crippen MR) is 56.4 cm³/mol. The summed E-state index contributed by atoms with van der Waals surface area (Å²) in [6.07, 6.45) is 1.22. The second kappa shape index (κ2) is 3.87. The van der Waals surface area contributed by atoms with Crippen LogP contribution >= 0.6 is 15.9 Å². The van der Waals surface area contributed by atoms with Crippen LogP contribution in [0.5, 0.6) is 0 Å². The van der Waals surface area contributed by atoms with E-state index in [9.17, 15) is 0 Å². The van der Waals surface area contributed by atoms with Crippen molar-refractivity contribution in [3.05, 3.63) is 28.2 Å². The molecule has 0 aliphatic carbocycles. The van der Waals surface area contributed by atoms with Crippen molar-refractivity contribution in [1.29, 1.82) is 0 Å². The second-order valence-corrected chi connectivity index (χ2v) is 4.85. The maximum Gasteiger partial charge on any atom is 0.137 e. The molecule has 72 valence electrons. The molecule has 0 unspecified atom stereocenters. The number of fused-ring (bicyclic) bond motifs is 1. The van der Waals surface area contributed by atoms with Crippen LogP contribution in [0.3, 0.4) is 0 Å². The van der Waals surface area contributed by atoms with Gasteiger partial charge >= 0.3 is 0 Å². The summed E-state index contributed by atoms with van der Waals surface area (Å²) < 4.78 is 2.21. The summed E-state index contributed by atoms with van der Waals surface area (Å²) in [7, 11) is 4.52. The topological polar surface area (TPSA) is 0 Å². The first-order chi connectivity index (χ1) is 5.59. The minimum Gasteiger partial charge on any atom is -1.00 e. The van der Waals surface area contributed by atoms with E-state index in [1.54, 1.807) is 0 Å². The quantitative estimate of drug-likeness (QED) is 0.439. The molecule has 13 heavy (non-hydrogen) atoms. The molecule has 1 heterocycles. The van der Waals surface area contributed by atoms with Gasteiger partial charge in [0.05, 0.1) is 20.6 Å². The minimum atomic E-state index is 0. The van der Waals surface area contributed by atoms with Crippen LogP contribution in [0.15, 0.2) is 22.7 Å². The van der Waals surface area contributed by atoms with Crippen molar-refractivity contribution in [1.82, 2.24) is 4.48 Å².